The second-order valence-corrected chi connectivity index (χ2v) is 5.23. The van der Waals surface area contributed by atoms with Gasteiger partial charge >= 0.3 is 12.0 Å². The van der Waals surface area contributed by atoms with Crippen LogP contribution in [0.4, 0.5) is 4.79 Å². The quantitative estimate of drug-likeness (QED) is 0.611. The van der Waals surface area contributed by atoms with E-state index in [2.05, 4.69) is 10.6 Å². The highest BCUT2D eigenvalue weighted by atomic mass is 16.5. The molecule has 0 aromatic heterocycles. The van der Waals surface area contributed by atoms with E-state index in [1.54, 1.807) is 7.11 Å². The van der Waals surface area contributed by atoms with Gasteiger partial charge in [-0.1, -0.05) is 19.3 Å². The number of nitrogens with one attached hydrogen (secondary N) is 2. The number of carbonyl (C=O) groups excluding carboxylic acids is 1. The minimum Gasteiger partial charge on any atom is -0.481 e. The molecule has 0 aromatic carbocycles. The zero-order valence-electron chi connectivity index (χ0n) is 11.5. The summed E-state index contributed by atoms with van der Waals surface area (Å²) in [5.74, 6) is -0.788. The topological polar surface area (TPSA) is 87.7 Å². The van der Waals surface area contributed by atoms with Gasteiger partial charge in [-0.05, 0) is 18.3 Å². The first-order chi connectivity index (χ1) is 9.08. The number of ether oxygens (including phenoxy) is 1. The average molecular weight is 272 g/mol. The van der Waals surface area contributed by atoms with E-state index >= 15 is 0 Å². The van der Waals surface area contributed by atoms with Gasteiger partial charge in [0.1, 0.15) is 0 Å². The lowest BCUT2D eigenvalue weighted by Gasteiger charge is -2.36. The fraction of sp³-hybridized carbons (Fsp3) is 0.846. The first-order valence-corrected chi connectivity index (χ1v) is 6.80. The van der Waals surface area contributed by atoms with Gasteiger partial charge in [0.2, 0.25) is 0 Å². The molecule has 2 amide bonds. The third-order valence-electron chi connectivity index (χ3n) is 3.66. The highest BCUT2D eigenvalue weighted by molar-refractivity contribution is 5.74. The van der Waals surface area contributed by atoms with E-state index in [0.29, 0.717) is 19.7 Å². The predicted octanol–water partition coefficient (Wildman–Crippen LogP) is 1.36. The van der Waals surface area contributed by atoms with Crippen LogP contribution in [0.1, 0.15) is 38.5 Å². The number of urea groups is 1. The van der Waals surface area contributed by atoms with E-state index < -0.39 is 5.97 Å². The molecule has 1 saturated carbocycles. The van der Waals surface area contributed by atoms with Crippen molar-refractivity contribution in [2.75, 3.05) is 26.8 Å². The van der Waals surface area contributed by atoms with Crippen LogP contribution in [0.5, 0.6) is 0 Å². The van der Waals surface area contributed by atoms with Crippen LogP contribution in [0.15, 0.2) is 0 Å². The van der Waals surface area contributed by atoms with E-state index in [9.17, 15) is 9.59 Å². The van der Waals surface area contributed by atoms with E-state index in [-0.39, 0.29) is 17.9 Å². The van der Waals surface area contributed by atoms with Crippen LogP contribution in [0.3, 0.4) is 0 Å². The van der Waals surface area contributed by atoms with Gasteiger partial charge in [-0.15, -0.1) is 0 Å². The normalized spacial score (nSPS) is 17.7. The van der Waals surface area contributed by atoms with Crippen molar-refractivity contribution in [1.29, 1.82) is 0 Å². The Bertz CT molecular complexity index is 301. The Kier molecular flexibility index (Phi) is 6.62. The SMILES string of the molecule is COCCNC(=O)NCC1(CC(=O)O)CCCCC1. The number of carboxylic acids is 1. The fourth-order valence-electron chi connectivity index (χ4n) is 2.64. The average Bonchev–Trinajstić information content (AvgIpc) is 2.37. The molecule has 0 radical (unpaired) electrons. The maximum absolute atomic E-state index is 11.6. The molecule has 1 aliphatic carbocycles. The minimum absolute atomic E-state index is 0.130. The van der Waals surface area contributed by atoms with Gasteiger partial charge in [-0.2, -0.15) is 0 Å². The summed E-state index contributed by atoms with van der Waals surface area (Å²) in [6, 6.07) is -0.257. The van der Waals surface area contributed by atoms with Crippen molar-refractivity contribution in [3.63, 3.8) is 0 Å². The molecule has 0 saturated heterocycles. The number of carbonyl (C=O) groups is 2. The lowest BCUT2D eigenvalue weighted by molar-refractivity contribution is -0.140. The molecule has 19 heavy (non-hydrogen) atoms. The summed E-state index contributed by atoms with van der Waals surface area (Å²) in [7, 11) is 1.57. The number of hydrogen-bond donors (Lipinski definition) is 3. The highest BCUT2D eigenvalue weighted by Gasteiger charge is 2.34. The molecule has 1 aliphatic rings. The van der Waals surface area contributed by atoms with E-state index in [1.165, 1.54) is 0 Å². The molecule has 6 heteroatoms. The maximum Gasteiger partial charge on any atom is 0.314 e. The second-order valence-electron chi connectivity index (χ2n) is 5.23. The summed E-state index contributed by atoms with van der Waals surface area (Å²) < 4.78 is 4.84. The Morgan fingerprint density at radius 3 is 2.47 bits per heavy atom. The Balaban J connectivity index is 2.40. The standard InChI is InChI=1S/C13H24N2O4/c1-19-8-7-14-12(18)15-10-13(9-11(16)17)5-3-2-4-6-13/h2-10H2,1H3,(H,16,17)(H2,14,15,18). The van der Waals surface area contributed by atoms with Crippen molar-refractivity contribution in [3.05, 3.63) is 0 Å². The molecule has 0 unspecified atom stereocenters. The van der Waals surface area contributed by atoms with Crippen LogP contribution in [-0.2, 0) is 9.53 Å². The van der Waals surface area contributed by atoms with Crippen LogP contribution in [0, 0.1) is 5.41 Å². The van der Waals surface area contributed by atoms with Crippen molar-refractivity contribution < 1.29 is 19.4 Å². The molecular weight excluding hydrogens is 248 g/mol. The van der Waals surface area contributed by atoms with E-state index in [0.717, 1.165) is 32.1 Å². The van der Waals surface area contributed by atoms with Gasteiger partial charge in [-0.3, -0.25) is 4.79 Å². The van der Waals surface area contributed by atoms with Crippen LogP contribution in [-0.4, -0.2) is 43.9 Å². The fourth-order valence-corrected chi connectivity index (χ4v) is 2.64. The largest absolute Gasteiger partial charge is 0.481 e. The van der Waals surface area contributed by atoms with Crippen molar-refractivity contribution in [1.82, 2.24) is 10.6 Å². The highest BCUT2D eigenvalue weighted by Crippen LogP contribution is 2.38. The first-order valence-electron chi connectivity index (χ1n) is 6.80. The summed E-state index contributed by atoms with van der Waals surface area (Å²) in [5, 5.41) is 14.5. The summed E-state index contributed by atoms with van der Waals surface area (Å²) >= 11 is 0. The minimum atomic E-state index is -0.788. The van der Waals surface area contributed by atoms with Gasteiger partial charge in [0.05, 0.1) is 13.0 Å². The van der Waals surface area contributed by atoms with Crippen LogP contribution >= 0.6 is 0 Å². The molecular formula is C13H24N2O4. The number of amides is 2. The molecule has 6 nitrogen and oxygen atoms in total. The van der Waals surface area contributed by atoms with Gasteiger partial charge in [0, 0.05) is 20.2 Å². The lowest BCUT2D eigenvalue weighted by Crippen LogP contribution is -2.45. The Morgan fingerprint density at radius 1 is 1.21 bits per heavy atom. The number of methoxy groups -OCH3 is 1. The molecule has 1 rings (SSSR count). The molecule has 0 heterocycles. The van der Waals surface area contributed by atoms with Gasteiger partial charge in [0.25, 0.3) is 0 Å². The summed E-state index contributed by atoms with van der Waals surface area (Å²) in [6.07, 6.45) is 5.11. The van der Waals surface area contributed by atoms with Crippen molar-refractivity contribution in [3.8, 4) is 0 Å². The maximum atomic E-state index is 11.6. The Labute approximate surface area is 113 Å². The molecule has 0 aromatic rings. The second kappa shape index (κ2) is 7.99. The van der Waals surface area contributed by atoms with Crippen molar-refractivity contribution >= 4 is 12.0 Å². The Hall–Kier alpha value is -1.30. The first kappa shape index (κ1) is 15.8. The van der Waals surface area contributed by atoms with E-state index in [4.69, 9.17) is 9.84 Å². The molecule has 1 fully saturated rings. The molecule has 0 spiro atoms. The number of aliphatic carboxylic acids is 1. The summed E-state index contributed by atoms with van der Waals surface area (Å²) in [6.45, 7) is 1.35. The monoisotopic (exact) mass is 272 g/mol. The number of hydrogen-bond acceptors (Lipinski definition) is 3. The third kappa shape index (κ3) is 5.92. The predicted molar refractivity (Wildman–Crippen MR) is 71.0 cm³/mol. The number of carboxylic acid groups (broad SMARTS) is 1. The third-order valence-corrected chi connectivity index (χ3v) is 3.66. The van der Waals surface area contributed by atoms with Gasteiger partial charge in [0.15, 0.2) is 0 Å². The van der Waals surface area contributed by atoms with Crippen LogP contribution < -0.4 is 10.6 Å². The van der Waals surface area contributed by atoms with Gasteiger partial charge < -0.3 is 20.5 Å². The van der Waals surface area contributed by atoms with Crippen molar-refractivity contribution in [2.45, 2.75) is 38.5 Å². The molecule has 3 N–H and O–H groups in total. The zero-order valence-corrected chi connectivity index (χ0v) is 11.5. The van der Waals surface area contributed by atoms with Crippen molar-refractivity contribution in [2.24, 2.45) is 5.41 Å². The summed E-state index contributed by atoms with van der Waals surface area (Å²) in [4.78, 5) is 22.5. The van der Waals surface area contributed by atoms with Crippen LogP contribution in [0.25, 0.3) is 0 Å². The zero-order chi connectivity index (χ0) is 14.1. The van der Waals surface area contributed by atoms with E-state index in [1.807, 2.05) is 0 Å². The number of rotatable bonds is 7. The van der Waals surface area contributed by atoms with Gasteiger partial charge in [-0.25, -0.2) is 4.79 Å². The lowest BCUT2D eigenvalue weighted by atomic mass is 9.72. The van der Waals surface area contributed by atoms with Crippen LogP contribution in [0.2, 0.25) is 0 Å². The molecule has 0 atom stereocenters. The molecule has 0 aliphatic heterocycles. The summed E-state index contributed by atoms with van der Waals surface area (Å²) in [5.41, 5.74) is -0.275. The molecule has 110 valence electrons. The smallest absolute Gasteiger partial charge is 0.314 e. The molecule has 0 bridgehead atoms. The Morgan fingerprint density at radius 2 is 1.89 bits per heavy atom.